The van der Waals surface area contributed by atoms with Gasteiger partial charge in [-0.1, -0.05) is 11.6 Å². The molecular weight excluding hydrogens is 372 g/mol. The standard InChI is InChI=1S/C22H21ClN4O/c1-13-7-21-17(8-20(13)24-4)19(18-10-25-9-14(2)22(18)23)12-27(21)16-5-6-26(11-16)15(3)28/h7-10,12,16H,5-6,11H2,1-3H3. The smallest absolute Gasteiger partial charge is 0.219 e. The highest BCUT2D eigenvalue weighted by atomic mass is 35.5. The number of amides is 1. The first kappa shape index (κ1) is 18.5. The Morgan fingerprint density at radius 1 is 1.25 bits per heavy atom. The van der Waals surface area contributed by atoms with Gasteiger partial charge in [0, 0.05) is 55.2 Å². The minimum Gasteiger partial charge on any atom is -0.342 e. The van der Waals surface area contributed by atoms with Crippen molar-refractivity contribution in [3.8, 4) is 11.1 Å². The number of nitrogens with zero attached hydrogens (tertiary/aromatic N) is 4. The fourth-order valence-electron chi connectivity index (χ4n) is 4.02. The Hall–Kier alpha value is -2.84. The van der Waals surface area contributed by atoms with Crippen LogP contribution in [-0.2, 0) is 4.79 Å². The lowest BCUT2D eigenvalue weighted by atomic mass is 10.0. The number of halogens is 1. The first-order valence-corrected chi connectivity index (χ1v) is 9.67. The molecule has 1 aliphatic rings. The molecule has 5 nitrogen and oxygen atoms in total. The van der Waals surface area contributed by atoms with E-state index in [2.05, 4.69) is 26.7 Å². The van der Waals surface area contributed by atoms with Gasteiger partial charge >= 0.3 is 0 Å². The highest BCUT2D eigenvalue weighted by Crippen LogP contribution is 2.40. The van der Waals surface area contributed by atoms with Crippen molar-refractivity contribution in [1.29, 1.82) is 0 Å². The van der Waals surface area contributed by atoms with E-state index in [0.717, 1.165) is 46.1 Å². The quantitative estimate of drug-likeness (QED) is 0.554. The molecule has 3 heterocycles. The summed E-state index contributed by atoms with van der Waals surface area (Å²) in [5, 5.41) is 1.67. The van der Waals surface area contributed by atoms with Crippen LogP contribution >= 0.6 is 11.6 Å². The van der Waals surface area contributed by atoms with Crippen molar-refractivity contribution < 1.29 is 4.79 Å². The first-order chi connectivity index (χ1) is 13.4. The molecule has 4 rings (SSSR count). The van der Waals surface area contributed by atoms with E-state index in [1.807, 2.05) is 24.8 Å². The van der Waals surface area contributed by atoms with Gasteiger partial charge in [0.1, 0.15) is 0 Å². The Morgan fingerprint density at radius 3 is 2.71 bits per heavy atom. The summed E-state index contributed by atoms with van der Waals surface area (Å²) >= 11 is 6.60. The molecule has 0 bridgehead atoms. The molecule has 1 aromatic carbocycles. The molecule has 28 heavy (non-hydrogen) atoms. The maximum absolute atomic E-state index is 11.8. The van der Waals surface area contributed by atoms with Gasteiger partial charge in [-0.3, -0.25) is 9.78 Å². The lowest BCUT2D eigenvalue weighted by Gasteiger charge is -2.16. The van der Waals surface area contributed by atoms with Gasteiger partial charge < -0.3 is 9.47 Å². The van der Waals surface area contributed by atoms with Gasteiger partial charge in [-0.15, -0.1) is 0 Å². The van der Waals surface area contributed by atoms with Crippen LogP contribution < -0.4 is 0 Å². The number of likely N-dealkylation sites (tertiary alicyclic amines) is 1. The summed E-state index contributed by atoms with van der Waals surface area (Å²) in [6, 6.07) is 4.22. The fraction of sp³-hybridized carbons (Fsp3) is 0.318. The van der Waals surface area contributed by atoms with Crippen molar-refractivity contribution in [3.63, 3.8) is 0 Å². The average Bonchev–Trinajstić information content (AvgIpc) is 3.28. The molecule has 1 atom stereocenters. The molecule has 1 aliphatic heterocycles. The number of aryl methyl sites for hydroxylation is 2. The number of benzene rings is 1. The van der Waals surface area contributed by atoms with E-state index in [1.165, 1.54) is 0 Å². The van der Waals surface area contributed by atoms with Crippen LogP contribution in [0.5, 0.6) is 0 Å². The Morgan fingerprint density at radius 2 is 2.04 bits per heavy atom. The summed E-state index contributed by atoms with van der Waals surface area (Å²) in [5.41, 5.74) is 5.41. The lowest BCUT2D eigenvalue weighted by molar-refractivity contribution is -0.127. The summed E-state index contributed by atoms with van der Waals surface area (Å²) in [6.45, 7) is 14.5. The Balaban J connectivity index is 1.94. The molecule has 142 valence electrons. The molecule has 0 N–H and O–H groups in total. The van der Waals surface area contributed by atoms with Crippen molar-refractivity contribution in [2.75, 3.05) is 13.1 Å². The van der Waals surface area contributed by atoms with Crippen LogP contribution in [0.25, 0.3) is 26.9 Å². The van der Waals surface area contributed by atoms with Crippen molar-refractivity contribution in [1.82, 2.24) is 14.5 Å². The fourth-order valence-corrected chi connectivity index (χ4v) is 4.22. The third-order valence-electron chi connectivity index (χ3n) is 5.62. The summed E-state index contributed by atoms with van der Waals surface area (Å²) < 4.78 is 2.24. The summed E-state index contributed by atoms with van der Waals surface area (Å²) in [5.74, 6) is 0.108. The second-order valence-electron chi connectivity index (χ2n) is 7.44. The number of carbonyl (C=O) groups excluding carboxylic acids is 1. The second kappa shape index (κ2) is 6.96. The van der Waals surface area contributed by atoms with E-state index in [1.54, 1.807) is 19.3 Å². The van der Waals surface area contributed by atoms with Crippen LogP contribution in [0.15, 0.2) is 30.7 Å². The molecule has 0 spiro atoms. The topological polar surface area (TPSA) is 42.5 Å². The third-order valence-corrected chi connectivity index (χ3v) is 6.12. The highest BCUT2D eigenvalue weighted by Gasteiger charge is 2.27. The number of pyridine rings is 1. The predicted molar refractivity (Wildman–Crippen MR) is 112 cm³/mol. The Labute approximate surface area is 169 Å². The molecule has 1 fully saturated rings. The molecule has 6 heteroatoms. The minimum atomic E-state index is 0.108. The Kier molecular flexibility index (Phi) is 4.60. The van der Waals surface area contributed by atoms with Crippen molar-refractivity contribution in [3.05, 3.63) is 58.3 Å². The molecule has 0 radical (unpaired) electrons. The normalized spacial score (nSPS) is 16.5. The van der Waals surface area contributed by atoms with Crippen molar-refractivity contribution in [2.45, 2.75) is 33.2 Å². The molecular formula is C22H21ClN4O. The minimum absolute atomic E-state index is 0.108. The molecule has 1 amide bonds. The SMILES string of the molecule is [C-]#[N+]c1cc2c(-c3cncc(C)c3Cl)cn(C3CCN(C(C)=O)C3)c2cc1C. The van der Waals surface area contributed by atoms with Gasteiger partial charge in [-0.2, -0.15) is 0 Å². The van der Waals surface area contributed by atoms with E-state index in [9.17, 15) is 4.79 Å². The average molecular weight is 393 g/mol. The third kappa shape index (κ3) is 2.94. The highest BCUT2D eigenvalue weighted by molar-refractivity contribution is 6.34. The molecule has 2 aromatic heterocycles. The van der Waals surface area contributed by atoms with E-state index < -0.39 is 0 Å². The number of aromatic nitrogens is 2. The monoisotopic (exact) mass is 392 g/mol. The number of rotatable bonds is 2. The van der Waals surface area contributed by atoms with Crippen LogP contribution in [0.2, 0.25) is 5.02 Å². The number of fused-ring (bicyclic) bond motifs is 1. The van der Waals surface area contributed by atoms with Gasteiger partial charge in [0.05, 0.1) is 17.6 Å². The van der Waals surface area contributed by atoms with Crippen molar-refractivity contribution >= 4 is 34.1 Å². The zero-order valence-electron chi connectivity index (χ0n) is 16.2. The second-order valence-corrected chi connectivity index (χ2v) is 7.82. The molecule has 3 aromatic rings. The largest absolute Gasteiger partial charge is 0.342 e. The predicted octanol–water partition coefficient (Wildman–Crippen LogP) is 5.32. The summed E-state index contributed by atoms with van der Waals surface area (Å²) in [7, 11) is 0. The molecule has 1 saturated heterocycles. The van der Waals surface area contributed by atoms with Crippen LogP contribution in [0, 0.1) is 20.4 Å². The van der Waals surface area contributed by atoms with E-state index in [-0.39, 0.29) is 11.9 Å². The van der Waals surface area contributed by atoms with E-state index in [4.69, 9.17) is 18.2 Å². The molecule has 0 aliphatic carbocycles. The number of carbonyl (C=O) groups is 1. The first-order valence-electron chi connectivity index (χ1n) is 9.29. The number of hydrogen-bond acceptors (Lipinski definition) is 2. The van der Waals surface area contributed by atoms with Gasteiger partial charge in [0.2, 0.25) is 5.91 Å². The summed E-state index contributed by atoms with van der Waals surface area (Å²) in [4.78, 5) is 21.7. The van der Waals surface area contributed by atoms with Crippen molar-refractivity contribution in [2.24, 2.45) is 0 Å². The molecule has 1 unspecified atom stereocenters. The zero-order valence-corrected chi connectivity index (χ0v) is 16.9. The van der Waals surface area contributed by atoms with Gasteiger partial charge in [0.15, 0.2) is 5.69 Å². The van der Waals surface area contributed by atoms with Crippen LogP contribution in [0.3, 0.4) is 0 Å². The maximum Gasteiger partial charge on any atom is 0.219 e. The van der Waals surface area contributed by atoms with E-state index in [0.29, 0.717) is 17.3 Å². The Bertz CT molecular complexity index is 1140. The van der Waals surface area contributed by atoms with Crippen LogP contribution in [0.4, 0.5) is 5.69 Å². The maximum atomic E-state index is 11.8. The number of hydrogen-bond donors (Lipinski definition) is 0. The van der Waals surface area contributed by atoms with Crippen LogP contribution in [0.1, 0.15) is 30.5 Å². The van der Waals surface area contributed by atoms with Crippen LogP contribution in [-0.4, -0.2) is 33.4 Å². The van der Waals surface area contributed by atoms with Gasteiger partial charge in [-0.25, -0.2) is 4.85 Å². The van der Waals surface area contributed by atoms with E-state index >= 15 is 0 Å². The van der Waals surface area contributed by atoms with Gasteiger partial charge in [-0.05, 0) is 48.9 Å². The van der Waals surface area contributed by atoms with Gasteiger partial charge in [0.25, 0.3) is 0 Å². The summed E-state index contributed by atoms with van der Waals surface area (Å²) in [6.07, 6.45) is 6.55. The zero-order chi connectivity index (χ0) is 20.0. The lowest BCUT2D eigenvalue weighted by Crippen LogP contribution is -2.26. The molecule has 0 saturated carbocycles.